The maximum Gasteiger partial charge on any atom is 0.0396 e. The second kappa shape index (κ2) is 6.40. The van der Waals surface area contributed by atoms with Crippen LogP contribution in [0.25, 0.3) is 0 Å². The summed E-state index contributed by atoms with van der Waals surface area (Å²) in [4.78, 5) is 5.03. The van der Waals surface area contributed by atoms with Gasteiger partial charge >= 0.3 is 0 Å². The summed E-state index contributed by atoms with van der Waals surface area (Å²) < 4.78 is 0. The number of nitrogens with zero attached hydrogens (tertiary/aromatic N) is 2. The summed E-state index contributed by atoms with van der Waals surface area (Å²) in [5, 5.41) is 0. The van der Waals surface area contributed by atoms with E-state index >= 15 is 0 Å². The van der Waals surface area contributed by atoms with E-state index in [1.165, 1.54) is 11.3 Å². The average molecular weight is 261 g/mol. The zero-order valence-electron chi connectivity index (χ0n) is 12.5. The molecule has 3 heteroatoms. The normalized spacial score (nSPS) is 25.4. The Bertz CT molecular complexity index is 405. The fraction of sp³-hybridized carbons (Fsp3) is 0.625. The van der Waals surface area contributed by atoms with Gasteiger partial charge in [-0.2, -0.15) is 0 Å². The minimum absolute atomic E-state index is 0.564. The van der Waals surface area contributed by atoms with Crippen molar-refractivity contribution in [2.45, 2.75) is 26.3 Å². The Morgan fingerprint density at radius 1 is 1.21 bits per heavy atom. The third kappa shape index (κ3) is 3.48. The minimum Gasteiger partial charge on any atom is -0.369 e. The third-order valence-corrected chi connectivity index (χ3v) is 4.14. The molecule has 0 aromatic heterocycles. The topological polar surface area (TPSA) is 32.5 Å². The molecule has 2 unspecified atom stereocenters. The molecule has 106 valence electrons. The number of anilines is 1. The Labute approximate surface area is 117 Å². The first-order valence-corrected chi connectivity index (χ1v) is 7.32. The molecule has 2 atom stereocenters. The molecule has 1 fully saturated rings. The fourth-order valence-electron chi connectivity index (χ4n) is 3.16. The zero-order chi connectivity index (χ0) is 13.8. The summed E-state index contributed by atoms with van der Waals surface area (Å²) in [6.45, 7) is 8.69. The van der Waals surface area contributed by atoms with E-state index in [-0.39, 0.29) is 0 Å². The molecule has 2 N–H and O–H groups in total. The van der Waals surface area contributed by atoms with E-state index in [0.717, 1.165) is 32.6 Å². The van der Waals surface area contributed by atoms with Gasteiger partial charge in [0.05, 0.1) is 0 Å². The highest BCUT2D eigenvalue weighted by atomic mass is 15.2. The lowest BCUT2D eigenvalue weighted by Crippen LogP contribution is -2.40. The molecular formula is C16H27N3. The van der Waals surface area contributed by atoms with Gasteiger partial charge in [-0.1, -0.05) is 25.1 Å². The molecule has 0 saturated carbocycles. The Balaban J connectivity index is 2.21. The molecule has 1 aromatic rings. The number of likely N-dealkylation sites (N-methyl/N-ethyl adjacent to an activating group) is 1. The van der Waals surface area contributed by atoms with Gasteiger partial charge in [-0.25, -0.2) is 0 Å². The van der Waals surface area contributed by atoms with Crippen LogP contribution < -0.4 is 10.6 Å². The van der Waals surface area contributed by atoms with E-state index in [0.29, 0.717) is 12.0 Å². The Kier molecular flexibility index (Phi) is 4.83. The first kappa shape index (κ1) is 14.4. The Hall–Kier alpha value is -1.06. The molecule has 0 aliphatic carbocycles. The second-order valence-corrected chi connectivity index (χ2v) is 5.97. The maximum atomic E-state index is 5.78. The minimum atomic E-state index is 0.564. The summed E-state index contributed by atoms with van der Waals surface area (Å²) >= 11 is 0. The lowest BCUT2D eigenvalue weighted by atomic mass is 10.1. The third-order valence-electron chi connectivity index (χ3n) is 4.14. The molecule has 19 heavy (non-hydrogen) atoms. The highest BCUT2D eigenvalue weighted by Gasteiger charge is 2.25. The summed E-state index contributed by atoms with van der Waals surface area (Å²) in [6.07, 6.45) is 1.08. The van der Waals surface area contributed by atoms with Crippen LogP contribution in [0.2, 0.25) is 0 Å². The van der Waals surface area contributed by atoms with E-state index in [1.807, 2.05) is 0 Å². The van der Waals surface area contributed by atoms with Gasteiger partial charge < -0.3 is 15.5 Å². The van der Waals surface area contributed by atoms with Crippen LogP contribution in [-0.2, 0) is 0 Å². The standard InChI is InChI=1S/C16H27N3/c1-13-10-18(3)15(8-9-17)12-19(11-13)16-7-5-4-6-14(16)2/h4-7,13,15H,8-12,17H2,1-3H3. The fourth-order valence-corrected chi connectivity index (χ4v) is 3.16. The predicted octanol–water partition coefficient (Wildman–Crippen LogP) is 2.10. The smallest absolute Gasteiger partial charge is 0.0396 e. The van der Waals surface area contributed by atoms with Gasteiger partial charge in [0.1, 0.15) is 0 Å². The van der Waals surface area contributed by atoms with Crippen molar-refractivity contribution in [3.63, 3.8) is 0 Å². The Morgan fingerprint density at radius 3 is 2.63 bits per heavy atom. The van der Waals surface area contributed by atoms with Gasteiger partial charge in [0.2, 0.25) is 0 Å². The zero-order valence-corrected chi connectivity index (χ0v) is 12.5. The summed E-state index contributed by atoms with van der Waals surface area (Å²) in [5.74, 6) is 0.687. The second-order valence-electron chi connectivity index (χ2n) is 5.97. The summed E-state index contributed by atoms with van der Waals surface area (Å²) in [5.41, 5.74) is 8.52. The van der Waals surface area contributed by atoms with Gasteiger partial charge in [-0.05, 0) is 44.5 Å². The number of para-hydroxylation sites is 1. The van der Waals surface area contributed by atoms with Crippen molar-refractivity contribution >= 4 is 5.69 Å². The van der Waals surface area contributed by atoms with Crippen LogP contribution in [0.5, 0.6) is 0 Å². The van der Waals surface area contributed by atoms with Crippen LogP contribution in [0.3, 0.4) is 0 Å². The molecule has 1 aliphatic rings. The van der Waals surface area contributed by atoms with Crippen molar-refractivity contribution < 1.29 is 0 Å². The Morgan fingerprint density at radius 2 is 1.95 bits per heavy atom. The highest BCUT2D eigenvalue weighted by Crippen LogP contribution is 2.24. The highest BCUT2D eigenvalue weighted by molar-refractivity contribution is 5.53. The van der Waals surface area contributed by atoms with Crippen LogP contribution in [0.4, 0.5) is 5.69 Å². The number of nitrogens with two attached hydrogens (primary N) is 1. The lowest BCUT2D eigenvalue weighted by Gasteiger charge is -2.30. The van der Waals surface area contributed by atoms with Crippen molar-refractivity contribution in [2.75, 3.05) is 38.1 Å². The monoisotopic (exact) mass is 261 g/mol. The van der Waals surface area contributed by atoms with Gasteiger partial charge in [0.25, 0.3) is 0 Å². The van der Waals surface area contributed by atoms with Gasteiger partial charge in [0, 0.05) is 31.4 Å². The summed E-state index contributed by atoms with van der Waals surface area (Å²) in [7, 11) is 2.23. The van der Waals surface area contributed by atoms with Crippen molar-refractivity contribution in [3.8, 4) is 0 Å². The van der Waals surface area contributed by atoms with E-state index in [9.17, 15) is 0 Å². The molecule has 2 rings (SSSR count). The van der Waals surface area contributed by atoms with Crippen LogP contribution in [0.15, 0.2) is 24.3 Å². The quantitative estimate of drug-likeness (QED) is 0.904. The van der Waals surface area contributed by atoms with Crippen LogP contribution in [0.1, 0.15) is 18.9 Å². The molecular weight excluding hydrogens is 234 g/mol. The lowest BCUT2D eigenvalue weighted by molar-refractivity contribution is 0.231. The molecule has 3 nitrogen and oxygen atoms in total. The van der Waals surface area contributed by atoms with Crippen molar-refractivity contribution in [2.24, 2.45) is 11.7 Å². The molecule has 0 radical (unpaired) electrons. The molecule has 1 saturated heterocycles. The number of hydrogen-bond acceptors (Lipinski definition) is 3. The van der Waals surface area contributed by atoms with Gasteiger partial charge in [0.15, 0.2) is 0 Å². The first-order chi connectivity index (χ1) is 9.11. The van der Waals surface area contributed by atoms with E-state index in [4.69, 9.17) is 5.73 Å². The SMILES string of the molecule is Cc1ccccc1N1CC(C)CN(C)C(CCN)C1. The molecule has 1 aromatic carbocycles. The number of benzene rings is 1. The predicted molar refractivity (Wildman–Crippen MR) is 82.6 cm³/mol. The molecule has 0 amide bonds. The average Bonchev–Trinajstić information content (AvgIpc) is 2.50. The van der Waals surface area contributed by atoms with Gasteiger partial charge in [-0.15, -0.1) is 0 Å². The maximum absolute atomic E-state index is 5.78. The number of rotatable bonds is 3. The van der Waals surface area contributed by atoms with E-state index in [1.54, 1.807) is 0 Å². The molecule has 0 bridgehead atoms. The van der Waals surface area contributed by atoms with E-state index < -0.39 is 0 Å². The van der Waals surface area contributed by atoms with Crippen molar-refractivity contribution in [1.82, 2.24) is 4.90 Å². The van der Waals surface area contributed by atoms with Gasteiger partial charge in [-0.3, -0.25) is 0 Å². The molecule has 1 heterocycles. The number of aryl methyl sites for hydroxylation is 1. The largest absolute Gasteiger partial charge is 0.369 e. The van der Waals surface area contributed by atoms with Crippen molar-refractivity contribution in [1.29, 1.82) is 0 Å². The number of hydrogen-bond donors (Lipinski definition) is 1. The molecule has 1 aliphatic heterocycles. The summed E-state index contributed by atoms with van der Waals surface area (Å²) in [6, 6.07) is 9.26. The van der Waals surface area contributed by atoms with Crippen LogP contribution in [0, 0.1) is 12.8 Å². The van der Waals surface area contributed by atoms with Crippen molar-refractivity contribution in [3.05, 3.63) is 29.8 Å². The molecule has 0 spiro atoms. The van der Waals surface area contributed by atoms with Crippen LogP contribution >= 0.6 is 0 Å². The van der Waals surface area contributed by atoms with Crippen LogP contribution in [-0.4, -0.2) is 44.2 Å². The first-order valence-electron chi connectivity index (χ1n) is 7.32. The van der Waals surface area contributed by atoms with E-state index in [2.05, 4.69) is 55.0 Å².